The van der Waals surface area contributed by atoms with Crippen molar-refractivity contribution in [1.29, 1.82) is 0 Å². The van der Waals surface area contributed by atoms with Crippen LogP contribution in [-0.4, -0.2) is 41.6 Å². The summed E-state index contributed by atoms with van der Waals surface area (Å²) in [6, 6.07) is 0.453. The third kappa shape index (κ3) is 5.38. The number of alkyl carbamates (subject to hydrolysis) is 1. The predicted molar refractivity (Wildman–Crippen MR) is 94.7 cm³/mol. The summed E-state index contributed by atoms with van der Waals surface area (Å²) in [5.74, 6) is 1.69. The topological polar surface area (TPSA) is 58.6 Å². The van der Waals surface area contributed by atoms with E-state index in [1.54, 1.807) is 0 Å². The molecule has 1 N–H and O–H groups in total. The molecule has 0 bridgehead atoms. The Morgan fingerprint density at radius 1 is 1.17 bits per heavy atom. The van der Waals surface area contributed by atoms with Crippen molar-refractivity contribution >= 4 is 12.0 Å². The summed E-state index contributed by atoms with van der Waals surface area (Å²) in [5, 5.41) is 2.73. The van der Waals surface area contributed by atoms with Gasteiger partial charge in [-0.3, -0.25) is 4.79 Å². The largest absolute Gasteiger partial charge is 0.444 e. The number of ether oxygens (including phenoxy) is 1. The molecular formula is C19H34N2O3. The molecule has 0 aromatic rings. The molecule has 3 unspecified atom stereocenters. The highest BCUT2D eigenvalue weighted by Crippen LogP contribution is 2.38. The molecule has 138 valence electrons. The predicted octanol–water partition coefficient (Wildman–Crippen LogP) is 3.72. The fourth-order valence-corrected chi connectivity index (χ4v) is 4.11. The van der Waals surface area contributed by atoms with Crippen molar-refractivity contribution in [3.63, 3.8) is 0 Å². The fourth-order valence-electron chi connectivity index (χ4n) is 4.11. The Hall–Kier alpha value is -1.26. The summed E-state index contributed by atoms with van der Waals surface area (Å²) in [5.41, 5.74) is -0.486. The first-order valence-electron chi connectivity index (χ1n) is 9.54. The van der Waals surface area contributed by atoms with Crippen LogP contribution in [0.1, 0.15) is 72.6 Å². The Morgan fingerprint density at radius 2 is 1.88 bits per heavy atom. The van der Waals surface area contributed by atoms with Crippen LogP contribution in [0.25, 0.3) is 0 Å². The van der Waals surface area contributed by atoms with E-state index < -0.39 is 11.7 Å². The molecule has 0 spiro atoms. The minimum Gasteiger partial charge on any atom is -0.444 e. The van der Waals surface area contributed by atoms with Gasteiger partial charge in [0.05, 0.1) is 0 Å². The van der Waals surface area contributed by atoms with Crippen LogP contribution >= 0.6 is 0 Å². The summed E-state index contributed by atoms with van der Waals surface area (Å²) < 4.78 is 5.20. The molecule has 0 radical (unpaired) electrons. The van der Waals surface area contributed by atoms with E-state index in [9.17, 15) is 9.59 Å². The zero-order chi connectivity index (χ0) is 17.7. The van der Waals surface area contributed by atoms with Crippen LogP contribution in [0.2, 0.25) is 0 Å². The lowest BCUT2D eigenvalue weighted by molar-refractivity contribution is -0.139. The number of piperidine rings is 1. The van der Waals surface area contributed by atoms with E-state index in [2.05, 4.69) is 17.1 Å². The van der Waals surface area contributed by atoms with Crippen LogP contribution in [0, 0.1) is 11.8 Å². The third-order valence-corrected chi connectivity index (χ3v) is 5.29. The highest BCUT2D eigenvalue weighted by Gasteiger charge is 2.38. The average molecular weight is 338 g/mol. The third-order valence-electron chi connectivity index (χ3n) is 5.29. The van der Waals surface area contributed by atoms with Gasteiger partial charge in [0.2, 0.25) is 5.91 Å². The quantitative estimate of drug-likeness (QED) is 0.795. The summed E-state index contributed by atoms with van der Waals surface area (Å²) in [4.78, 5) is 26.4. The van der Waals surface area contributed by atoms with Crippen LogP contribution in [0.5, 0.6) is 0 Å². The van der Waals surface area contributed by atoms with Crippen LogP contribution in [0.4, 0.5) is 4.79 Å². The van der Waals surface area contributed by atoms with E-state index in [1.165, 1.54) is 19.3 Å². The number of hydrogen-bond donors (Lipinski definition) is 1. The van der Waals surface area contributed by atoms with Gasteiger partial charge in [-0.05, 0) is 58.3 Å². The first-order chi connectivity index (χ1) is 11.3. The molecular weight excluding hydrogens is 304 g/mol. The van der Waals surface area contributed by atoms with Crippen molar-refractivity contribution in [3.8, 4) is 0 Å². The van der Waals surface area contributed by atoms with Gasteiger partial charge in [-0.25, -0.2) is 4.79 Å². The van der Waals surface area contributed by atoms with Crippen molar-refractivity contribution < 1.29 is 14.3 Å². The van der Waals surface area contributed by atoms with Crippen molar-refractivity contribution in [1.82, 2.24) is 10.2 Å². The van der Waals surface area contributed by atoms with Gasteiger partial charge >= 0.3 is 6.09 Å². The number of hydrogen-bond acceptors (Lipinski definition) is 3. The first-order valence-corrected chi connectivity index (χ1v) is 9.54. The van der Waals surface area contributed by atoms with Crippen molar-refractivity contribution in [2.24, 2.45) is 11.8 Å². The van der Waals surface area contributed by atoms with E-state index >= 15 is 0 Å². The minimum atomic E-state index is -0.486. The highest BCUT2D eigenvalue weighted by molar-refractivity contribution is 5.76. The Labute approximate surface area is 146 Å². The highest BCUT2D eigenvalue weighted by atomic mass is 16.6. The van der Waals surface area contributed by atoms with E-state index in [0.29, 0.717) is 31.3 Å². The lowest BCUT2D eigenvalue weighted by Gasteiger charge is -2.47. The van der Waals surface area contributed by atoms with Gasteiger partial charge in [0.1, 0.15) is 5.60 Å². The average Bonchev–Trinajstić information content (AvgIpc) is 2.50. The number of nitrogens with one attached hydrogen (secondary N) is 1. The van der Waals surface area contributed by atoms with Crippen molar-refractivity contribution in [3.05, 3.63) is 0 Å². The molecule has 5 heteroatoms. The smallest absolute Gasteiger partial charge is 0.407 e. The second-order valence-electron chi connectivity index (χ2n) is 8.40. The van der Waals surface area contributed by atoms with E-state index in [-0.39, 0.29) is 5.91 Å². The van der Waals surface area contributed by atoms with Crippen molar-refractivity contribution in [2.45, 2.75) is 84.3 Å². The maximum Gasteiger partial charge on any atom is 0.407 e. The number of carbonyl (C=O) groups is 2. The molecule has 0 aromatic heterocycles. The minimum absolute atomic E-state index is 0.254. The Balaban J connectivity index is 1.73. The van der Waals surface area contributed by atoms with E-state index in [4.69, 9.17) is 4.74 Å². The van der Waals surface area contributed by atoms with Gasteiger partial charge in [0.15, 0.2) is 0 Å². The number of amides is 2. The molecule has 2 rings (SSSR count). The van der Waals surface area contributed by atoms with E-state index in [1.807, 2.05) is 20.8 Å². The summed E-state index contributed by atoms with van der Waals surface area (Å²) in [6.07, 6.45) is 6.89. The normalized spacial score (nSPS) is 27.3. The summed E-state index contributed by atoms with van der Waals surface area (Å²) >= 11 is 0. The Morgan fingerprint density at radius 3 is 2.58 bits per heavy atom. The van der Waals surface area contributed by atoms with Gasteiger partial charge < -0.3 is 15.0 Å². The van der Waals surface area contributed by atoms with Crippen molar-refractivity contribution in [2.75, 3.05) is 13.1 Å². The molecule has 2 fully saturated rings. The number of carbonyl (C=O) groups excluding carboxylic acids is 2. The van der Waals surface area contributed by atoms with Crippen LogP contribution in [-0.2, 0) is 9.53 Å². The number of fused-ring (bicyclic) bond motifs is 1. The van der Waals surface area contributed by atoms with E-state index in [0.717, 1.165) is 25.3 Å². The molecule has 1 saturated carbocycles. The zero-order valence-corrected chi connectivity index (χ0v) is 15.8. The van der Waals surface area contributed by atoms with Gasteiger partial charge in [0.25, 0.3) is 0 Å². The molecule has 2 aliphatic rings. The van der Waals surface area contributed by atoms with Gasteiger partial charge in [-0.2, -0.15) is 0 Å². The molecule has 5 nitrogen and oxygen atoms in total. The zero-order valence-electron chi connectivity index (χ0n) is 15.8. The Bertz CT molecular complexity index is 444. The monoisotopic (exact) mass is 338 g/mol. The number of likely N-dealkylation sites (tertiary alicyclic amines) is 1. The van der Waals surface area contributed by atoms with Crippen LogP contribution in [0.3, 0.4) is 0 Å². The second kappa shape index (κ2) is 8.21. The SMILES string of the molecule is CC1CCN(C(=O)CCCNC(=O)OC(C)(C)C)C2CCCCC12. The number of nitrogens with zero attached hydrogens (tertiary/aromatic N) is 1. The molecule has 1 saturated heterocycles. The fraction of sp³-hybridized carbons (Fsp3) is 0.895. The van der Waals surface area contributed by atoms with Gasteiger partial charge in [0, 0.05) is 25.6 Å². The lowest BCUT2D eigenvalue weighted by Crippen LogP contribution is -2.52. The summed E-state index contributed by atoms with van der Waals surface area (Å²) in [6.45, 7) is 9.26. The van der Waals surface area contributed by atoms with Crippen LogP contribution in [0.15, 0.2) is 0 Å². The molecule has 0 aromatic carbocycles. The molecule has 1 aliphatic carbocycles. The maximum absolute atomic E-state index is 12.6. The standard InChI is InChI=1S/C19H34N2O3/c1-14-11-13-21(16-9-6-5-8-15(14)16)17(22)10-7-12-20-18(23)24-19(2,3)4/h14-16H,5-13H2,1-4H3,(H,20,23). The lowest BCUT2D eigenvalue weighted by atomic mass is 9.72. The maximum atomic E-state index is 12.6. The van der Waals surface area contributed by atoms with Gasteiger partial charge in [-0.15, -0.1) is 0 Å². The molecule has 2 amide bonds. The molecule has 1 aliphatic heterocycles. The first kappa shape index (κ1) is 19.1. The molecule has 1 heterocycles. The Kier molecular flexibility index (Phi) is 6.53. The van der Waals surface area contributed by atoms with Gasteiger partial charge in [-0.1, -0.05) is 19.8 Å². The second-order valence-corrected chi connectivity index (χ2v) is 8.40. The molecule has 24 heavy (non-hydrogen) atoms. The number of rotatable bonds is 4. The summed E-state index contributed by atoms with van der Waals surface area (Å²) in [7, 11) is 0. The van der Waals surface area contributed by atoms with Crippen LogP contribution < -0.4 is 5.32 Å². The molecule has 3 atom stereocenters.